The lowest BCUT2D eigenvalue weighted by molar-refractivity contribution is 0.450. The van der Waals surface area contributed by atoms with Crippen molar-refractivity contribution in [3.05, 3.63) is 35.4 Å². The first kappa shape index (κ1) is 8.80. The summed E-state index contributed by atoms with van der Waals surface area (Å²) in [5.41, 5.74) is 3.19. The Morgan fingerprint density at radius 3 is 2.08 bits per heavy atom. The van der Waals surface area contributed by atoms with Crippen molar-refractivity contribution in [1.82, 2.24) is 0 Å². The molecule has 0 atom stereocenters. The highest BCUT2D eigenvalue weighted by molar-refractivity contribution is 5.28. The highest BCUT2D eigenvalue weighted by Crippen LogP contribution is 2.25. The second-order valence-electron chi connectivity index (χ2n) is 4.12. The van der Waals surface area contributed by atoms with Crippen LogP contribution in [0.15, 0.2) is 24.3 Å². The number of hydrogen-bond acceptors (Lipinski definition) is 0. The van der Waals surface area contributed by atoms with Crippen LogP contribution >= 0.6 is 0 Å². The van der Waals surface area contributed by atoms with Gasteiger partial charge in [-0.15, -0.1) is 0 Å². The Kier molecular flexibility index (Phi) is 2.68. The molecule has 0 amide bonds. The van der Waals surface area contributed by atoms with Crippen molar-refractivity contribution in [2.75, 3.05) is 0 Å². The maximum absolute atomic E-state index is 2.32. The normalized spacial score (nSPS) is 17.9. The molecule has 70 valence electrons. The molecule has 0 spiro atoms. The maximum Gasteiger partial charge on any atom is -0.0274 e. The van der Waals surface area contributed by atoms with Crippen LogP contribution in [0.2, 0.25) is 0 Å². The lowest BCUT2D eigenvalue weighted by Gasteiger charge is -2.08. The van der Waals surface area contributed by atoms with E-state index >= 15 is 0 Å². The van der Waals surface area contributed by atoms with Gasteiger partial charge in [-0.2, -0.15) is 0 Å². The molecule has 0 saturated heterocycles. The van der Waals surface area contributed by atoms with E-state index < -0.39 is 0 Å². The lowest BCUT2D eigenvalue weighted by Crippen LogP contribution is -1.97. The summed E-state index contributed by atoms with van der Waals surface area (Å²) in [6, 6.07) is 8.94. The Morgan fingerprint density at radius 2 is 1.62 bits per heavy atom. The van der Waals surface area contributed by atoms with Crippen molar-refractivity contribution in [1.29, 1.82) is 0 Å². The van der Waals surface area contributed by atoms with Gasteiger partial charge in [0, 0.05) is 0 Å². The van der Waals surface area contributed by atoms with Gasteiger partial charge < -0.3 is 0 Å². The number of benzene rings is 1. The summed E-state index contributed by atoms with van der Waals surface area (Å²) in [5.74, 6) is 0.965. The first-order valence-corrected chi connectivity index (χ1v) is 5.47. The monoisotopic (exact) mass is 174 g/mol. The molecular formula is C13H18. The Bertz CT molecular complexity index is 248. The molecule has 0 saturated carbocycles. The standard InChI is InChI=1S/C13H18/c1-2-11-7-9-12-5-3-4-6-13(12)10-8-11/h3-6,11H,2,7-10H2,1H3. The van der Waals surface area contributed by atoms with E-state index in [4.69, 9.17) is 0 Å². The minimum Gasteiger partial charge on any atom is -0.0651 e. The summed E-state index contributed by atoms with van der Waals surface area (Å²) in [6.07, 6.45) is 6.75. The van der Waals surface area contributed by atoms with Crippen LogP contribution in [-0.4, -0.2) is 0 Å². The van der Waals surface area contributed by atoms with Crippen LogP contribution in [0, 0.1) is 5.92 Å². The quantitative estimate of drug-likeness (QED) is 0.571. The van der Waals surface area contributed by atoms with E-state index in [0.717, 1.165) is 5.92 Å². The molecule has 13 heavy (non-hydrogen) atoms. The summed E-state index contributed by atoms with van der Waals surface area (Å²) in [5, 5.41) is 0. The van der Waals surface area contributed by atoms with Gasteiger partial charge in [-0.1, -0.05) is 37.6 Å². The molecule has 0 fully saturated rings. The van der Waals surface area contributed by atoms with Crippen molar-refractivity contribution >= 4 is 0 Å². The van der Waals surface area contributed by atoms with Crippen molar-refractivity contribution in [2.24, 2.45) is 5.92 Å². The minimum atomic E-state index is 0.965. The SMILES string of the molecule is CCC1CCc2ccccc2CC1. The summed E-state index contributed by atoms with van der Waals surface area (Å²) >= 11 is 0. The lowest BCUT2D eigenvalue weighted by atomic mass is 9.97. The van der Waals surface area contributed by atoms with Crippen LogP contribution < -0.4 is 0 Å². The van der Waals surface area contributed by atoms with Crippen molar-refractivity contribution < 1.29 is 0 Å². The average Bonchev–Trinajstić information content (AvgIpc) is 2.39. The fourth-order valence-corrected chi connectivity index (χ4v) is 2.32. The van der Waals surface area contributed by atoms with E-state index in [1.807, 2.05) is 0 Å². The number of rotatable bonds is 1. The molecule has 0 N–H and O–H groups in total. The zero-order valence-corrected chi connectivity index (χ0v) is 8.42. The molecule has 2 rings (SSSR count). The van der Waals surface area contributed by atoms with Gasteiger partial charge in [-0.25, -0.2) is 0 Å². The molecule has 1 aromatic rings. The fourth-order valence-electron chi connectivity index (χ4n) is 2.32. The van der Waals surface area contributed by atoms with Gasteiger partial charge in [0.1, 0.15) is 0 Å². The molecule has 0 aromatic heterocycles. The maximum atomic E-state index is 2.32. The Balaban J connectivity index is 2.17. The van der Waals surface area contributed by atoms with E-state index in [1.54, 1.807) is 11.1 Å². The Labute approximate surface area is 81.0 Å². The smallest absolute Gasteiger partial charge is 0.0274 e. The third-order valence-electron chi connectivity index (χ3n) is 3.34. The van der Waals surface area contributed by atoms with Gasteiger partial charge in [0.15, 0.2) is 0 Å². The fraction of sp³-hybridized carbons (Fsp3) is 0.538. The Hall–Kier alpha value is -0.780. The van der Waals surface area contributed by atoms with Gasteiger partial charge in [0.25, 0.3) is 0 Å². The van der Waals surface area contributed by atoms with Crippen LogP contribution in [0.1, 0.15) is 37.3 Å². The molecular weight excluding hydrogens is 156 g/mol. The summed E-state index contributed by atoms with van der Waals surface area (Å²) < 4.78 is 0. The molecule has 1 aromatic carbocycles. The van der Waals surface area contributed by atoms with Gasteiger partial charge in [0.05, 0.1) is 0 Å². The predicted octanol–water partition coefficient (Wildman–Crippen LogP) is 3.59. The molecule has 0 unspecified atom stereocenters. The van der Waals surface area contributed by atoms with Gasteiger partial charge in [-0.05, 0) is 42.7 Å². The number of fused-ring (bicyclic) bond motifs is 1. The molecule has 0 heterocycles. The van der Waals surface area contributed by atoms with E-state index in [9.17, 15) is 0 Å². The zero-order chi connectivity index (χ0) is 9.10. The van der Waals surface area contributed by atoms with Crippen LogP contribution in [0.4, 0.5) is 0 Å². The van der Waals surface area contributed by atoms with Crippen LogP contribution in [-0.2, 0) is 12.8 Å². The second kappa shape index (κ2) is 3.95. The van der Waals surface area contributed by atoms with Crippen LogP contribution in [0.5, 0.6) is 0 Å². The molecule has 1 aliphatic rings. The topological polar surface area (TPSA) is 0 Å². The zero-order valence-electron chi connectivity index (χ0n) is 8.42. The third-order valence-corrected chi connectivity index (χ3v) is 3.34. The predicted molar refractivity (Wildman–Crippen MR) is 56.9 cm³/mol. The first-order valence-electron chi connectivity index (χ1n) is 5.47. The largest absolute Gasteiger partial charge is 0.0651 e. The van der Waals surface area contributed by atoms with E-state index in [1.165, 1.54) is 32.1 Å². The van der Waals surface area contributed by atoms with Crippen molar-refractivity contribution in [3.8, 4) is 0 Å². The van der Waals surface area contributed by atoms with Crippen molar-refractivity contribution in [3.63, 3.8) is 0 Å². The average molecular weight is 174 g/mol. The number of aryl methyl sites for hydroxylation is 2. The molecule has 0 nitrogen and oxygen atoms in total. The van der Waals surface area contributed by atoms with E-state index in [2.05, 4.69) is 31.2 Å². The Morgan fingerprint density at radius 1 is 1.08 bits per heavy atom. The van der Waals surface area contributed by atoms with Gasteiger partial charge in [-0.3, -0.25) is 0 Å². The third kappa shape index (κ3) is 1.93. The molecule has 0 heteroatoms. The second-order valence-corrected chi connectivity index (χ2v) is 4.12. The molecule has 1 aliphatic carbocycles. The molecule has 0 radical (unpaired) electrons. The summed E-state index contributed by atoms with van der Waals surface area (Å²) in [7, 11) is 0. The van der Waals surface area contributed by atoms with Gasteiger partial charge >= 0.3 is 0 Å². The highest BCUT2D eigenvalue weighted by atomic mass is 14.2. The van der Waals surface area contributed by atoms with E-state index in [0.29, 0.717) is 0 Å². The number of hydrogen-bond donors (Lipinski definition) is 0. The summed E-state index contributed by atoms with van der Waals surface area (Å²) in [4.78, 5) is 0. The van der Waals surface area contributed by atoms with Crippen LogP contribution in [0.3, 0.4) is 0 Å². The molecule has 0 bridgehead atoms. The molecule has 0 aliphatic heterocycles. The minimum absolute atomic E-state index is 0.965. The van der Waals surface area contributed by atoms with Crippen LogP contribution in [0.25, 0.3) is 0 Å². The van der Waals surface area contributed by atoms with Crippen molar-refractivity contribution in [2.45, 2.75) is 39.0 Å². The highest BCUT2D eigenvalue weighted by Gasteiger charge is 2.13. The summed E-state index contributed by atoms with van der Waals surface area (Å²) in [6.45, 7) is 2.32. The van der Waals surface area contributed by atoms with E-state index in [-0.39, 0.29) is 0 Å². The van der Waals surface area contributed by atoms with Gasteiger partial charge in [0.2, 0.25) is 0 Å². The first-order chi connectivity index (χ1) is 6.40.